The van der Waals surface area contributed by atoms with E-state index in [2.05, 4.69) is 9.97 Å². The predicted octanol–water partition coefficient (Wildman–Crippen LogP) is 4.02. The average Bonchev–Trinajstić information content (AvgIpc) is 2.68. The molecule has 2 heterocycles. The molecule has 0 saturated carbocycles. The predicted molar refractivity (Wildman–Crippen MR) is 95.4 cm³/mol. The second-order valence-corrected chi connectivity index (χ2v) is 6.41. The SMILES string of the molecule is O=[N+]([O-])c1c(OCCc2ccccc2C(F)(F)F)ncnc1N1CCCCC1. The Morgan fingerprint density at radius 2 is 1.86 bits per heavy atom. The van der Waals surface area contributed by atoms with Crippen molar-refractivity contribution in [1.82, 2.24) is 9.97 Å². The maximum Gasteiger partial charge on any atom is 0.416 e. The van der Waals surface area contributed by atoms with Crippen LogP contribution in [0.25, 0.3) is 0 Å². The average molecular weight is 396 g/mol. The molecule has 2 aromatic rings. The Morgan fingerprint density at radius 3 is 2.54 bits per heavy atom. The van der Waals surface area contributed by atoms with Gasteiger partial charge in [0.2, 0.25) is 5.82 Å². The van der Waals surface area contributed by atoms with Crippen LogP contribution >= 0.6 is 0 Å². The van der Waals surface area contributed by atoms with Crippen molar-refractivity contribution in [3.05, 3.63) is 51.8 Å². The zero-order valence-corrected chi connectivity index (χ0v) is 15.0. The number of piperidine rings is 1. The third-order valence-corrected chi connectivity index (χ3v) is 4.54. The molecular weight excluding hydrogens is 377 g/mol. The van der Waals surface area contributed by atoms with Crippen molar-refractivity contribution in [1.29, 1.82) is 0 Å². The van der Waals surface area contributed by atoms with E-state index < -0.39 is 16.7 Å². The lowest BCUT2D eigenvalue weighted by atomic mass is 10.0. The molecule has 1 aromatic heterocycles. The number of alkyl halides is 3. The molecule has 1 aliphatic rings. The third-order valence-electron chi connectivity index (χ3n) is 4.54. The quantitative estimate of drug-likeness (QED) is 0.542. The van der Waals surface area contributed by atoms with Gasteiger partial charge in [0, 0.05) is 19.5 Å². The summed E-state index contributed by atoms with van der Waals surface area (Å²) in [6.07, 6.45) is -0.487. The van der Waals surface area contributed by atoms with Crippen molar-refractivity contribution in [2.75, 3.05) is 24.6 Å². The van der Waals surface area contributed by atoms with Crippen molar-refractivity contribution in [3.63, 3.8) is 0 Å². The Hall–Kier alpha value is -2.91. The molecule has 0 N–H and O–H groups in total. The van der Waals surface area contributed by atoms with Crippen LogP contribution in [0.5, 0.6) is 5.88 Å². The molecule has 0 spiro atoms. The summed E-state index contributed by atoms with van der Waals surface area (Å²) in [5.74, 6) is -0.0459. The molecule has 0 amide bonds. The van der Waals surface area contributed by atoms with Gasteiger partial charge in [-0.15, -0.1) is 0 Å². The van der Waals surface area contributed by atoms with Gasteiger partial charge in [-0.3, -0.25) is 10.1 Å². The van der Waals surface area contributed by atoms with Gasteiger partial charge in [-0.2, -0.15) is 18.2 Å². The number of halogens is 3. The number of rotatable bonds is 6. The summed E-state index contributed by atoms with van der Waals surface area (Å²) in [4.78, 5) is 20.7. The highest BCUT2D eigenvalue weighted by Gasteiger charge is 2.33. The summed E-state index contributed by atoms with van der Waals surface area (Å²) in [6.45, 7) is 1.12. The second-order valence-electron chi connectivity index (χ2n) is 6.41. The molecule has 10 heteroatoms. The summed E-state index contributed by atoms with van der Waals surface area (Å²) in [7, 11) is 0. The van der Waals surface area contributed by atoms with Gasteiger partial charge in [-0.1, -0.05) is 18.2 Å². The Morgan fingerprint density at radius 1 is 1.14 bits per heavy atom. The number of nitro groups is 1. The van der Waals surface area contributed by atoms with Gasteiger partial charge in [0.05, 0.1) is 17.1 Å². The summed E-state index contributed by atoms with van der Waals surface area (Å²) >= 11 is 0. The molecule has 1 aliphatic heterocycles. The largest absolute Gasteiger partial charge is 0.472 e. The normalized spacial score (nSPS) is 14.8. The third kappa shape index (κ3) is 4.49. The minimum Gasteiger partial charge on any atom is -0.472 e. The van der Waals surface area contributed by atoms with E-state index in [-0.39, 0.29) is 36.0 Å². The number of aromatic nitrogens is 2. The van der Waals surface area contributed by atoms with E-state index in [1.165, 1.54) is 24.5 Å². The summed E-state index contributed by atoms with van der Waals surface area (Å²) in [5, 5.41) is 11.6. The van der Waals surface area contributed by atoms with E-state index in [1.807, 2.05) is 4.90 Å². The highest BCUT2D eigenvalue weighted by atomic mass is 19.4. The zero-order valence-electron chi connectivity index (χ0n) is 15.0. The summed E-state index contributed by atoms with van der Waals surface area (Å²) < 4.78 is 44.6. The first-order chi connectivity index (χ1) is 13.4. The molecule has 28 heavy (non-hydrogen) atoms. The molecule has 0 bridgehead atoms. The summed E-state index contributed by atoms with van der Waals surface area (Å²) in [5.41, 5.74) is -1.04. The van der Waals surface area contributed by atoms with Crippen LogP contribution in [0.1, 0.15) is 30.4 Å². The number of benzene rings is 1. The van der Waals surface area contributed by atoms with Crippen LogP contribution in [0.4, 0.5) is 24.7 Å². The Balaban J connectivity index is 1.77. The number of hydrogen-bond donors (Lipinski definition) is 0. The van der Waals surface area contributed by atoms with Crippen LogP contribution in [0.2, 0.25) is 0 Å². The molecule has 0 aliphatic carbocycles. The molecule has 1 aromatic carbocycles. The lowest BCUT2D eigenvalue weighted by Gasteiger charge is -2.27. The molecule has 7 nitrogen and oxygen atoms in total. The topological polar surface area (TPSA) is 81.4 Å². The minimum atomic E-state index is -4.47. The molecule has 0 atom stereocenters. The number of hydrogen-bond acceptors (Lipinski definition) is 6. The van der Waals surface area contributed by atoms with E-state index in [0.29, 0.717) is 13.1 Å². The lowest BCUT2D eigenvalue weighted by Crippen LogP contribution is -2.31. The summed E-state index contributed by atoms with van der Waals surface area (Å²) in [6, 6.07) is 5.18. The number of ether oxygens (including phenoxy) is 1. The van der Waals surface area contributed by atoms with Crippen LogP contribution in [-0.4, -0.2) is 34.6 Å². The van der Waals surface area contributed by atoms with E-state index in [4.69, 9.17) is 4.74 Å². The molecule has 1 saturated heterocycles. The van der Waals surface area contributed by atoms with Crippen LogP contribution in [0.15, 0.2) is 30.6 Å². The molecule has 0 radical (unpaired) electrons. The van der Waals surface area contributed by atoms with Crippen molar-refractivity contribution in [2.45, 2.75) is 31.9 Å². The maximum absolute atomic E-state index is 13.1. The van der Waals surface area contributed by atoms with Gasteiger partial charge in [-0.25, -0.2) is 4.98 Å². The van der Waals surface area contributed by atoms with Gasteiger partial charge in [0.25, 0.3) is 5.88 Å². The standard InChI is InChI=1S/C18H19F3N4O3/c19-18(20,21)14-7-3-2-6-13(14)8-11-28-17-15(25(26)27)16(22-12-23-17)24-9-4-1-5-10-24/h2-3,6-7,12H,1,4-5,8-11H2. The Kier molecular flexibility index (Phi) is 5.96. The molecular formula is C18H19F3N4O3. The van der Waals surface area contributed by atoms with Gasteiger partial charge in [-0.05, 0) is 30.9 Å². The van der Waals surface area contributed by atoms with Crippen LogP contribution < -0.4 is 9.64 Å². The van der Waals surface area contributed by atoms with E-state index in [1.54, 1.807) is 0 Å². The van der Waals surface area contributed by atoms with Gasteiger partial charge in [0.15, 0.2) is 0 Å². The van der Waals surface area contributed by atoms with Crippen molar-refractivity contribution in [2.24, 2.45) is 0 Å². The highest BCUT2D eigenvalue weighted by molar-refractivity contribution is 5.62. The van der Waals surface area contributed by atoms with Crippen molar-refractivity contribution in [3.8, 4) is 5.88 Å². The van der Waals surface area contributed by atoms with Crippen molar-refractivity contribution >= 4 is 11.5 Å². The fourth-order valence-corrected chi connectivity index (χ4v) is 3.23. The Bertz CT molecular complexity index is 839. The first-order valence-electron chi connectivity index (χ1n) is 8.90. The van der Waals surface area contributed by atoms with Gasteiger partial charge < -0.3 is 9.64 Å². The van der Waals surface area contributed by atoms with E-state index in [9.17, 15) is 23.3 Å². The monoisotopic (exact) mass is 396 g/mol. The minimum absolute atomic E-state index is 0.0583. The van der Waals surface area contributed by atoms with Crippen LogP contribution in [-0.2, 0) is 12.6 Å². The van der Waals surface area contributed by atoms with Gasteiger partial charge >= 0.3 is 11.9 Å². The second kappa shape index (κ2) is 8.41. The molecule has 0 unspecified atom stereocenters. The number of anilines is 1. The fraction of sp³-hybridized carbons (Fsp3) is 0.444. The smallest absolute Gasteiger partial charge is 0.416 e. The fourth-order valence-electron chi connectivity index (χ4n) is 3.23. The van der Waals surface area contributed by atoms with E-state index >= 15 is 0 Å². The highest BCUT2D eigenvalue weighted by Crippen LogP contribution is 2.35. The molecule has 150 valence electrons. The first kappa shape index (κ1) is 19.8. The molecule has 3 rings (SSSR count). The van der Waals surface area contributed by atoms with Crippen LogP contribution in [0.3, 0.4) is 0 Å². The zero-order chi connectivity index (χ0) is 20.1. The Labute approximate surface area is 159 Å². The molecule has 1 fully saturated rings. The van der Waals surface area contributed by atoms with Crippen LogP contribution in [0, 0.1) is 10.1 Å². The first-order valence-corrected chi connectivity index (χ1v) is 8.90. The number of nitrogens with zero attached hydrogens (tertiary/aromatic N) is 4. The lowest BCUT2D eigenvalue weighted by molar-refractivity contribution is -0.385. The van der Waals surface area contributed by atoms with E-state index in [0.717, 1.165) is 25.3 Å². The van der Waals surface area contributed by atoms with Gasteiger partial charge in [0.1, 0.15) is 6.33 Å². The maximum atomic E-state index is 13.1. The van der Waals surface area contributed by atoms with Crippen molar-refractivity contribution < 1.29 is 22.8 Å².